The first-order valence-corrected chi connectivity index (χ1v) is 7.55. The molecule has 0 radical (unpaired) electrons. The fourth-order valence-corrected chi connectivity index (χ4v) is 3.13. The van der Waals surface area contributed by atoms with Gasteiger partial charge in [-0.2, -0.15) is 0 Å². The van der Waals surface area contributed by atoms with E-state index in [0.717, 1.165) is 0 Å². The van der Waals surface area contributed by atoms with Crippen LogP contribution in [0.5, 0.6) is 11.5 Å². The lowest BCUT2D eigenvalue weighted by Gasteiger charge is -2.19. The van der Waals surface area contributed by atoms with Crippen LogP contribution in [0.2, 0.25) is 0 Å². The molecular weight excluding hydrogens is 282 g/mol. The minimum absolute atomic E-state index is 0.0862. The molecule has 1 saturated heterocycles. The van der Waals surface area contributed by atoms with E-state index in [-0.39, 0.29) is 18.1 Å². The Morgan fingerprint density at radius 1 is 1.45 bits per heavy atom. The number of fused-ring (bicyclic) bond motifs is 1. The Balaban J connectivity index is 1.68. The second-order valence-electron chi connectivity index (χ2n) is 4.57. The van der Waals surface area contributed by atoms with Gasteiger partial charge in [0.2, 0.25) is 0 Å². The molecule has 1 aromatic heterocycles. The summed E-state index contributed by atoms with van der Waals surface area (Å²) in [5.74, 6) is 1.03. The summed E-state index contributed by atoms with van der Waals surface area (Å²) in [6, 6.07) is -0.121. The molecule has 7 heteroatoms. The van der Waals surface area contributed by atoms with Crippen LogP contribution in [0.1, 0.15) is 16.6 Å². The lowest BCUT2D eigenvalue weighted by molar-refractivity contribution is 0.0402. The molecule has 0 unspecified atom stereocenters. The van der Waals surface area contributed by atoms with Crippen LogP contribution in [0.4, 0.5) is 0 Å². The number of thiophene rings is 1. The molecule has 20 heavy (non-hydrogen) atoms. The van der Waals surface area contributed by atoms with Crippen molar-refractivity contribution in [2.24, 2.45) is 0 Å². The summed E-state index contributed by atoms with van der Waals surface area (Å²) in [6.07, 6.45) is -0.0862. The Bertz CT molecular complexity index is 489. The molecule has 110 valence electrons. The smallest absolute Gasteiger partial charge is 0.265 e. The fourth-order valence-electron chi connectivity index (χ4n) is 2.30. The van der Waals surface area contributed by atoms with Crippen LogP contribution in [0, 0.1) is 0 Å². The monoisotopic (exact) mass is 299 g/mol. The van der Waals surface area contributed by atoms with Gasteiger partial charge in [0.05, 0.1) is 19.3 Å². The Labute approximate surface area is 121 Å². The molecule has 2 atom stereocenters. The number of amides is 1. The molecule has 3 heterocycles. The molecule has 1 aromatic rings. The fraction of sp³-hybridized carbons (Fsp3) is 0.615. The maximum absolute atomic E-state index is 12.3. The lowest BCUT2D eigenvalue weighted by Crippen LogP contribution is -2.43. The number of hydrogen-bond donors (Lipinski definition) is 1. The van der Waals surface area contributed by atoms with Gasteiger partial charge in [0, 0.05) is 12.0 Å². The van der Waals surface area contributed by atoms with E-state index < -0.39 is 0 Å². The second kappa shape index (κ2) is 5.99. The van der Waals surface area contributed by atoms with Crippen molar-refractivity contribution >= 4 is 17.2 Å². The van der Waals surface area contributed by atoms with E-state index in [9.17, 15) is 4.79 Å². The summed E-state index contributed by atoms with van der Waals surface area (Å²) in [4.78, 5) is 12.9. The van der Waals surface area contributed by atoms with Gasteiger partial charge >= 0.3 is 0 Å². The van der Waals surface area contributed by atoms with Gasteiger partial charge in [-0.1, -0.05) is 0 Å². The first-order valence-electron chi connectivity index (χ1n) is 6.67. The zero-order valence-electron chi connectivity index (χ0n) is 11.2. The number of carbonyl (C=O) groups excluding carboxylic acids is 1. The Kier molecular flexibility index (Phi) is 4.09. The van der Waals surface area contributed by atoms with Crippen molar-refractivity contribution in [1.29, 1.82) is 0 Å². The third-order valence-corrected chi connectivity index (χ3v) is 4.17. The van der Waals surface area contributed by atoms with E-state index in [1.165, 1.54) is 11.3 Å². The summed E-state index contributed by atoms with van der Waals surface area (Å²) in [7, 11) is 0. The van der Waals surface area contributed by atoms with Crippen molar-refractivity contribution in [3.05, 3.63) is 10.3 Å². The first-order chi connectivity index (χ1) is 9.79. The molecule has 6 nitrogen and oxygen atoms in total. The average molecular weight is 299 g/mol. The molecule has 0 aliphatic carbocycles. The number of rotatable bonds is 4. The molecule has 1 N–H and O–H groups in total. The molecule has 1 amide bonds. The number of ether oxygens (including phenoxy) is 4. The van der Waals surface area contributed by atoms with Crippen LogP contribution < -0.4 is 14.8 Å². The minimum Gasteiger partial charge on any atom is -0.485 e. The molecule has 2 aliphatic heterocycles. The van der Waals surface area contributed by atoms with Crippen LogP contribution in [0.15, 0.2) is 5.38 Å². The zero-order valence-corrected chi connectivity index (χ0v) is 12.0. The van der Waals surface area contributed by atoms with E-state index in [1.54, 1.807) is 5.38 Å². The van der Waals surface area contributed by atoms with E-state index in [0.29, 0.717) is 49.4 Å². The Hall–Kier alpha value is -1.31. The van der Waals surface area contributed by atoms with Crippen molar-refractivity contribution in [3.8, 4) is 11.5 Å². The van der Waals surface area contributed by atoms with Gasteiger partial charge in [-0.3, -0.25) is 4.79 Å². The molecule has 3 rings (SSSR count). The molecule has 0 aromatic carbocycles. The highest BCUT2D eigenvalue weighted by Gasteiger charge is 2.32. The predicted octanol–water partition coefficient (Wildman–Crippen LogP) is 1.05. The maximum Gasteiger partial charge on any atom is 0.265 e. The molecular formula is C13H17NO5S. The molecule has 0 bridgehead atoms. The van der Waals surface area contributed by atoms with Crippen molar-refractivity contribution in [2.45, 2.75) is 19.1 Å². The van der Waals surface area contributed by atoms with Gasteiger partial charge in [-0.05, 0) is 6.92 Å². The largest absolute Gasteiger partial charge is 0.485 e. The molecule has 2 aliphatic rings. The minimum atomic E-state index is -0.165. The van der Waals surface area contributed by atoms with Crippen LogP contribution in [0.3, 0.4) is 0 Å². The van der Waals surface area contributed by atoms with Gasteiger partial charge in [-0.25, -0.2) is 0 Å². The van der Waals surface area contributed by atoms with Crippen LogP contribution in [0.25, 0.3) is 0 Å². The lowest BCUT2D eigenvalue weighted by atomic mass is 10.2. The third kappa shape index (κ3) is 2.61. The normalized spacial score (nSPS) is 24.6. The second-order valence-corrected chi connectivity index (χ2v) is 5.45. The SMILES string of the molecule is CCO[C@@H]1COC[C@H]1NC(=O)c1scc2c1OCCO2. The number of carbonyl (C=O) groups is 1. The van der Waals surface area contributed by atoms with E-state index in [1.807, 2.05) is 6.92 Å². The average Bonchev–Trinajstić information content (AvgIpc) is 3.06. The highest BCUT2D eigenvalue weighted by Crippen LogP contribution is 2.39. The maximum atomic E-state index is 12.3. The summed E-state index contributed by atoms with van der Waals surface area (Å²) < 4.78 is 21.9. The standard InChI is InChI=1S/C13H17NO5S/c1-2-17-9-6-16-5-8(9)14-13(15)12-11-10(7-20-12)18-3-4-19-11/h7-9H,2-6H2,1H3,(H,14,15)/t8-,9-/m1/s1. The van der Waals surface area contributed by atoms with Gasteiger partial charge in [-0.15, -0.1) is 11.3 Å². The van der Waals surface area contributed by atoms with Gasteiger partial charge < -0.3 is 24.3 Å². The third-order valence-electron chi connectivity index (χ3n) is 3.23. The van der Waals surface area contributed by atoms with Crippen molar-refractivity contribution in [2.75, 3.05) is 33.0 Å². The van der Waals surface area contributed by atoms with E-state index in [4.69, 9.17) is 18.9 Å². The summed E-state index contributed by atoms with van der Waals surface area (Å²) in [5, 5.41) is 4.75. The Morgan fingerprint density at radius 2 is 2.30 bits per heavy atom. The quantitative estimate of drug-likeness (QED) is 0.900. The summed E-state index contributed by atoms with van der Waals surface area (Å²) >= 11 is 1.33. The van der Waals surface area contributed by atoms with Gasteiger partial charge in [0.1, 0.15) is 24.2 Å². The van der Waals surface area contributed by atoms with Crippen molar-refractivity contribution in [1.82, 2.24) is 5.32 Å². The topological polar surface area (TPSA) is 66.0 Å². The Morgan fingerprint density at radius 3 is 3.15 bits per heavy atom. The van der Waals surface area contributed by atoms with Crippen LogP contribution in [-0.4, -0.2) is 51.1 Å². The molecule has 0 spiro atoms. The van der Waals surface area contributed by atoms with Crippen LogP contribution >= 0.6 is 11.3 Å². The molecule has 1 fully saturated rings. The summed E-state index contributed by atoms with van der Waals surface area (Å²) in [5.41, 5.74) is 0. The number of hydrogen-bond acceptors (Lipinski definition) is 6. The van der Waals surface area contributed by atoms with Crippen LogP contribution in [-0.2, 0) is 9.47 Å². The first kappa shape index (κ1) is 13.7. The van der Waals surface area contributed by atoms with Crippen molar-refractivity contribution < 1.29 is 23.7 Å². The van der Waals surface area contributed by atoms with Gasteiger partial charge in [0.15, 0.2) is 11.5 Å². The summed E-state index contributed by atoms with van der Waals surface area (Å²) in [6.45, 7) is 4.51. The predicted molar refractivity (Wildman–Crippen MR) is 72.8 cm³/mol. The van der Waals surface area contributed by atoms with Crippen molar-refractivity contribution in [3.63, 3.8) is 0 Å². The van der Waals surface area contributed by atoms with Gasteiger partial charge in [0.25, 0.3) is 5.91 Å². The zero-order chi connectivity index (χ0) is 13.9. The highest BCUT2D eigenvalue weighted by molar-refractivity contribution is 7.12. The highest BCUT2D eigenvalue weighted by atomic mass is 32.1. The van der Waals surface area contributed by atoms with E-state index >= 15 is 0 Å². The van der Waals surface area contributed by atoms with E-state index in [2.05, 4.69) is 5.32 Å². The number of nitrogens with one attached hydrogen (secondary N) is 1. The molecule has 0 saturated carbocycles.